The first-order chi connectivity index (χ1) is 13.4. The highest BCUT2D eigenvalue weighted by atomic mass is 32.2. The molecule has 0 radical (unpaired) electrons. The van der Waals surface area contributed by atoms with Gasteiger partial charge < -0.3 is 14.5 Å². The molecule has 1 aliphatic heterocycles. The third-order valence-corrected chi connectivity index (χ3v) is 6.64. The molecule has 1 aliphatic rings. The van der Waals surface area contributed by atoms with Gasteiger partial charge in [0.2, 0.25) is 0 Å². The molecule has 3 rings (SSSR count). The van der Waals surface area contributed by atoms with Gasteiger partial charge in [-0.05, 0) is 70.2 Å². The summed E-state index contributed by atoms with van der Waals surface area (Å²) in [5, 5.41) is 0. The maximum absolute atomic E-state index is 12.9. The highest BCUT2D eigenvalue weighted by Gasteiger charge is 2.26. The van der Waals surface area contributed by atoms with Crippen LogP contribution in [0.2, 0.25) is 0 Å². The molecular weight excluding hydrogens is 374 g/mol. The number of rotatable bonds is 7. The second-order valence-corrected chi connectivity index (χ2v) is 8.81. The second-order valence-electron chi connectivity index (χ2n) is 7.13. The van der Waals surface area contributed by atoms with Crippen molar-refractivity contribution in [3.63, 3.8) is 0 Å². The molecule has 1 heterocycles. The van der Waals surface area contributed by atoms with Gasteiger partial charge in [-0.1, -0.05) is 18.2 Å². The Labute approximate surface area is 168 Å². The highest BCUT2D eigenvalue weighted by molar-refractivity contribution is 7.92. The smallest absolute Gasteiger partial charge is 0.261 e. The van der Waals surface area contributed by atoms with Gasteiger partial charge in [0.1, 0.15) is 5.75 Å². The first kappa shape index (κ1) is 20.5. The van der Waals surface area contributed by atoms with E-state index in [0.717, 1.165) is 38.2 Å². The topological polar surface area (TPSA) is 61.9 Å². The predicted octanol–water partition coefficient (Wildman–Crippen LogP) is 3.42. The van der Waals surface area contributed by atoms with Crippen molar-refractivity contribution >= 4 is 21.4 Å². The minimum atomic E-state index is -3.68. The Morgan fingerprint density at radius 3 is 2.43 bits per heavy atom. The van der Waals surface area contributed by atoms with Crippen LogP contribution in [-0.2, 0) is 10.0 Å². The van der Waals surface area contributed by atoms with Crippen molar-refractivity contribution in [2.75, 3.05) is 43.4 Å². The molecule has 0 aliphatic carbocycles. The van der Waals surface area contributed by atoms with Gasteiger partial charge >= 0.3 is 0 Å². The summed E-state index contributed by atoms with van der Waals surface area (Å²) in [6, 6.07) is 14.4. The lowest BCUT2D eigenvalue weighted by atomic mass is 10.0. The zero-order valence-electron chi connectivity index (χ0n) is 16.8. The van der Waals surface area contributed by atoms with E-state index in [2.05, 4.69) is 28.5 Å². The van der Waals surface area contributed by atoms with Crippen LogP contribution in [-0.4, -0.2) is 53.2 Å². The number of anilines is 2. The van der Waals surface area contributed by atoms with Gasteiger partial charge in [-0.3, -0.25) is 4.72 Å². The molecule has 1 N–H and O–H groups in total. The molecule has 2 aromatic carbocycles. The van der Waals surface area contributed by atoms with Gasteiger partial charge in [0.05, 0.1) is 17.7 Å². The van der Waals surface area contributed by atoms with Crippen molar-refractivity contribution in [2.24, 2.45) is 0 Å². The van der Waals surface area contributed by atoms with E-state index in [1.807, 2.05) is 6.07 Å². The zero-order valence-corrected chi connectivity index (χ0v) is 17.6. The number of piperidine rings is 1. The van der Waals surface area contributed by atoms with E-state index < -0.39 is 10.0 Å². The highest BCUT2D eigenvalue weighted by Crippen LogP contribution is 2.34. The Balaban J connectivity index is 1.92. The normalized spacial score (nSPS) is 16.0. The predicted molar refractivity (Wildman–Crippen MR) is 114 cm³/mol. The van der Waals surface area contributed by atoms with Gasteiger partial charge in [-0.2, -0.15) is 0 Å². The van der Waals surface area contributed by atoms with E-state index in [1.54, 1.807) is 49.6 Å². The van der Waals surface area contributed by atoms with Gasteiger partial charge in [0.15, 0.2) is 0 Å². The zero-order chi connectivity index (χ0) is 20.1. The van der Waals surface area contributed by atoms with Crippen molar-refractivity contribution in [3.05, 3.63) is 48.5 Å². The van der Waals surface area contributed by atoms with E-state index in [0.29, 0.717) is 17.5 Å². The van der Waals surface area contributed by atoms with Crippen LogP contribution in [0.5, 0.6) is 5.75 Å². The van der Waals surface area contributed by atoms with Crippen LogP contribution in [0.1, 0.15) is 19.8 Å². The Morgan fingerprint density at radius 1 is 1.14 bits per heavy atom. The molecule has 0 saturated carbocycles. The molecular formula is C21H29N3O3S. The summed E-state index contributed by atoms with van der Waals surface area (Å²) in [5.74, 6) is 0.694. The summed E-state index contributed by atoms with van der Waals surface area (Å²) in [7, 11) is 0.0747. The SMILES string of the molecule is CCN(c1cc(S(=O)(=O)Nc2ccccc2)ccc1OC)C1CCN(C)CC1. The fourth-order valence-corrected chi connectivity index (χ4v) is 4.79. The summed E-state index contributed by atoms with van der Waals surface area (Å²) < 4.78 is 34.0. The van der Waals surface area contributed by atoms with Crippen LogP contribution in [0, 0.1) is 0 Å². The van der Waals surface area contributed by atoms with Crippen LogP contribution in [0.4, 0.5) is 11.4 Å². The molecule has 28 heavy (non-hydrogen) atoms. The minimum Gasteiger partial charge on any atom is -0.495 e. The monoisotopic (exact) mass is 403 g/mol. The second kappa shape index (κ2) is 8.84. The Kier molecular flexibility index (Phi) is 6.46. The van der Waals surface area contributed by atoms with Crippen LogP contribution in [0.15, 0.2) is 53.4 Å². The van der Waals surface area contributed by atoms with Gasteiger partial charge in [-0.25, -0.2) is 8.42 Å². The standard InChI is InChI=1S/C21H29N3O3S/c1-4-24(18-12-14-23(2)15-13-18)20-16-19(10-11-21(20)27-3)28(25,26)22-17-8-6-5-7-9-17/h5-11,16,18,22H,4,12-15H2,1-3H3. The van der Waals surface area contributed by atoms with Crippen molar-refractivity contribution in [2.45, 2.75) is 30.7 Å². The number of nitrogens with zero attached hydrogens (tertiary/aromatic N) is 2. The molecule has 6 nitrogen and oxygen atoms in total. The average molecular weight is 404 g/mol. The van der Waals surface area contributed by atoms with Crippen molar-refractivity contribution < 1.29 is 13.2 Å². The maximum atomic E-state index is 12.9. The number of ether oxygens (including phenoxy) is 1. The van der Waals surface area contributed by atoms with E-state index in [1.165, 1.54) is 0 Å². The molecule has 0 unspecified atom stereocenters. The molecule has 0 atom stereocenters. The number of likely N-dealkylation sites (tertiary alicyclic amines) is 1. The summed E-state index contributed by atoms with van der Waals surface area (Å²) in [5.41, 5.74) is 1.37. The molecule has 7 heteroatoms. The van der Waals surface area contributed by atoms with Crippen molar-refractivity contribution in [1.29, 1.82) is 0 Å². The number of para-hydroxylation sites is 1. The van der Waals surface area contributed by atoms with Crippen LogP contribution in [0.3, 0.4) is 0 Å². The third kappa shape index (κ3) is 4.59. The van der Waals surface area contributed by atoms with Crippen LogP contribution >= 0.6 is 0 Å². The summed E-state index contributed by atoms with van der Waals surface area (Å²) in [6.07, 6.45) is 2.10. The number of nitrogens with one attached hydrogen (secondary N) is 1. The summed E-state index contributed by atoms with van der Waals surface area (Å²) in [4.78, 5) is 4.83. The van der Waals surface area contributed by atoms with E-state index >= 15 is 0 Å². The Hall–Kier alpha value is -2.25. The lowest BCUT2D eigenvalue weighted by Gasteiger charge is -2.38. The third-order valence-electron chi connectivity index (χ3n) is 5.27. The number of benzene rings is 2. The molecule has 1 fully saturated rings. The van der Waals surface area contributed by atoms with Crippen LogP contribution < -0.4 is 14.4 Å². The van der Waals surface area contributed by atoms with Gasteiger partial charge in [0.25, 0.3) is 10.0 Å². The van der Waals surface area contributed by atoms with Crippen molar-refractivity contribution in [3.8, 4) is 5.75 Å². The molecule has 152 valence electrons. The molecule has 0 spiro atoms. The lowest BCUT2D eigenvalue weighted by Crippen LogP contribution is -2.44. The Bertz CT molecular complexity index is 879. The fraction of sp³-hybridized carbons (Fsp3) is 0.429. The lowest BCUT2D eigenvalue weighted by molar-refractivity contribution is 0.250. The van der Waals surface area contributed by atoms with Crippen LogP contribution in [0.25, 0.3) is 0 Å². The van der Waals surface area contributed by atoms with E-state index in [4.69, 9.17) is 4.74 Å². The first-order valence-electron chi connectivity index (χ1n) is 9.65. The molecule has 2 aromatic rings. The molecule has 0 amide bonds. The van der Waals surface area contributed by atoms with Gasteiger partial charge in [-0.15, -0.1) is 0 Å². The average Bonchev–Trinajstić information content (AvgIpc) is 2.70. The van der Waals surface area contributed by atoms with E-state index in [-0.39, 0.29) is 4.90 Å². The minimum absolute atomic E-state index is 0.235. The number of methoxy groups -OCH3 is 1. The maximum Gasteiger partial charge on any atom is 0.261 e. The number of hydrogen-bond acceptors (Lipinski definition) is 5. The largest absolute Gasteiger partial charge is 0.495 e. The quantitative estimate of drug-likeness (QED) is 0.768. The molecule has 0 bridgehead atoms. The van der Waals surface area contributed by atoms with Gasteiger partial charge in [0, 0.05) is 18.3 Å². The summed E-state index contributed by atoms with van der Waals surface area (Å²) in [6.45, 7) is 4.97. The fourth-order valence-electron chi connectivity index (χ4n) is 3.71. The number of hydrogen-bond donors (Lipinski definition) is 1. The first-order valence-corrected chi connectivity index (χ1v) is 11.1. The molecule has 0 aromatic heterocycles. The summed E-state index contributed by atoms with van der Waals surface area (Å²) >= 11 is 0. The molecule has 1 saturated heterocycles. The van der Waals surface area contributed by atoms with E-state index in [9.17, 15) is 8.42 Å². The number of sulfonamides is 1. The Morgan fingerprint density at radius 2 is 1.82 bits per heavy atom. The van der Waals surface area contributed by atoms with Crippen molar-refractivity contribution in [1.82, 2.24) is 4.90 Å².